The molecule has 8 heteroatoms. The van der Waals surface area contributed by atoms with Crippen LogP contribution in [0.1, 0.15) is 12.5 Å². The molecule has 7 nitrogen and oxygen atoms in total. The molecular weight excluding hydrogens is 354 g/mol. The van der Waals surface area contributed by atoms with E-state index in [1.807, 2.05) is 13.0 Å². The first kappa shape index (κ1) is 17.6. The summed E-state index contributed by atoms with van der Waals surface area (Å²) in [6, 6.07) is 13.0. The molecule has 1 heterocycles. The molecule has 2 aromatic carbocycles. The first-order valence-corrected chi connectivity index (χ1v) is 8.25. The van der Waals surface area contributed by atoms with E-state index >= 15 is 0 Å². The molecule has 0 radical (unpaired) electrons. The summed E-state index contributed by atoms with van der Waals surface area (Å²) in [5.74, 6) is 0.240. The lowest BCUT2D eigenvalue weighted by Gasteiger charge is -2.17. The van der Waals surface area contributed by atoms with Crippen LogP contribution in [0.15, 0.2) is 54.2 Å². The van der Waals surface area contributed by atoms with Crippen LogP contribution in [0.25, 0.3) is 6.08 Å². The molecule has 3 rings (SSSR count). The van der Waals surface area contributed by atoms with Gasteiger partial charge in [0, 0.05) is 12.1 Å². The Hall–Kier alpha value is -3.26. The predicted molar refractivity (Wildman–Crippen MR) is 102 cm³/mol. The minimum atomic E-state index is -0.475. The number of nitro groups is 1. The monoisotopic (exact) mass is 369 g/mol. The van der Waals surface area contributed by atoms with Gasteiger partial charge in [0.05, 0.1) is 17.2 Å². The first-order valence-electron chi connectivity index (χ1n) is 7.84. The molecule has 132 valence electrons. The number of carbonyl (C=O) groups is 1. The number of hydrogen-bond acceptors (Lipinski definition) is 5. The minimum absolute atomic E-state index is 0.0133. The van der Waals surface area contributed by atoms with Crippen molar-refractivity contribution in [2.45, 2.75) is 6.92 Å². The van der Waals surface area contributed by atoms with E-state index in [0.717, 1.165) is 0 Å². The Kier molecular flexibility index (Phi) is 4.94. The summed E-state index contributed by atoms with van der Waals surface area (Å²) in [5, 5.41) is 13.9. The third-order valence-corrected chi connectivity index (χ3v) is 3.98. The zero-order valence-electron chi connectivity index (χ0n) is 13.8. The standard InChI is InChI=1S/C18H15N3O4S/c1-2-25-16-6-4-3-5-15(16)20-17(22)14(19-18(20)26)11-12-7-9-13(10-8-12)21(23)24/h3-11H,2H2,1H3,(H,19,26)/b14-11-. The van der Waals surface area contributed by atoms with Crippen LogP contribution >= 0.6 is 12.2 Å². The van der Waals surface area contributed by atoms with Crippen LogP contribution in [0.4, 0.5) is 11.4 Å². The second-order valence-corrected chi connectivity index (χ2v) is 5.76. The molecule has 0 aromatic heterocycles. The van der Waals surface area contributed by atoms with Crippen molar-refractivity contribution in [3.05, 3.63) is 69.9 Å². The molecule has 1 fully saturated rings. The molecule has 0 aliphatic carbocycles. The van der Waals surface area contributed by atoms with E-state index in [0.29, 0.717) is 23.6 Å². The lowest BCUT2D eigenvalue weighted by atomic mass is 10.1. The highest BCUT2D eigenvalue weighted by molar-refractivity contribution is 7.80. The van der Waals surface area contributed by atoms with Crippen molar-refractivity contribution in [2.75, 3.05) is 11.5 Å². The lowest BCUT2D eigenvalue weighted by molar-refractivity contribution is -0.384. The summed E-state index contributed by atoms with van der Waals surface area (Å²) in [6.45, 7) is 2.32. The van der Waals surface area contributed by atoms with Gasteiger partial charge in [0.1, 0.15) is 11.4 Å². The Bertz CT molecular complexity index is 909. The van der Waals surface area contributed by atoms with Crippen molar-refractivity contribution in [3.8, 4) is 5.75 Å². The van der Waals surface area contributed by atoms with Gasteiger partial charge < -0.3 is 10.1 Å². The Labute approximate surface area is 155 Å². The van der Waals surface area contributed by atoms with Gasteiger partial charge in [0.2, 0.25) is 0 Å². The van der Waals surface area contributed by atoms with Crippen LogP contribution in [-0.4, -0.2) is 22.5 Å². The van der Waals surface area contributed by atoms with Crippen molar-refractivity contribution in [1.29, 1.82) is 0 Å². The highest BCUT2D eigenvalue weighted by Crippen LogP contribution is 2.31. The third kappa shape index (κ3) is 3.40. The maximum absolute atomic E-state index is 12.8. The fourth-order valence-electron chi connectivity index (χ4n) is 2.53. The van der Waals surface area contributed by atoms with E-state index in [9.17, 15) is 14.9 Å². The maximum atomic E-state index is 12.8. The molecule has 0 unspecified atom stereocenters. The normalized spacial score (nSPS) is 15.3. The molecule has 0 atom stereocenters. The van der Waals surface area contributed by atoms with Crippen molar-refractivity contribution >= 4 is 40.7 Å². The van der Waals surface area contributed by atoms with Crippen LogP contribution in [0.3, 0.4) is 0 Å². The number of benzene rings is 2. The minimum Gasteiger partial charge on any atom is -0.492 e. The number of ether oxygens (including phenoxy) is 1. The number of rotatable bonds is 5. The number of nitro benzene ring substituents is 1. The Balaban J connectivity index is 1.91. The van der Waals surface area contributed by atoms with Crippen LogP contribution in [0.2, 0.25) is 0 Å². The van der Waals surface area contributed by atoms with Gasteiger partial charge in [0.25, 0.3) is 11.6 Å². The molecule has 26 heavy (non-hydrogen) atoms. The molecule has 1 saturated heterocycles. The van der Waals surface area contributed by atoms with E-state index in [-0.39, 0.29) is 22.4 Å². The van der Waals surface area contributed by atoms with Crippen LogP contribution in [0.5, 0.6) is 5.75 Å². The van der Waals surface area contributed by atoms with E-state index in [1.165, 1.54) is 17.0 Å². The highest BCUT2D eigenvalue weighted by atomic mass is 32.1. The summed E-state index contributed by atoms with van der Waals surface area (Å²) in [6.07, 6.45) is 1.60. The smallest absolute Gasteiger partial charge is 0.281 e. The number of non-ortho nitro benzene ring substituents is 1. The molecule has 0 saturated carbocycles. The van der Waals surface area contributed by atoms with Crippen molar-refractivity contribution in [2.24, 2.45) is 0 Å². The van der Waals surface area contributed by atoms with Gasteiger partial charge >= 0.3 is 0 Å². The molecular formula is C18H15N3O4S. The number of amides is 1. The second-order valence-electron chi connectivity index (χ2n) is 5.38. The summed E-state index contributed by atoms with van der Waals surface area (Å²) in [7, 11) is 0. The largest absolute Gasteiger partial charge is 0.492 e. The first-order chi connectivity index (χ1) is 12.5. The number of thiocarbonyl (C=S) groups is 1. The molecule has 1 aliphatic rings. The van der Waals surface area contributed by atoms with Crippen molar-refractivity contribution in [1.82, 2.24) is 5.32 Å². The molecule has 2 aromatic rings. The summed E-state index contributed by atoms with van der Waals surface area (Å²) >= 11 is 5.30. The zero-order valence-corrected chi connectivity index (χ0v) is 14.7. The molecule has 1 aliphatic heterocycles. The maximum Gasteiger partial charge on any atom is 0.281 e. The second kappa shape index (κ2) is 7.32. The number of para-hydroxylation sites is 2. The molecule has 1 amide bonds. The third-order valence-electron chi connectivity index (χ3n) is 3.70. The fourth-order valence-corrected chi connectivity index (χ4v) is 2.82. The van der Waals surface area contributed by atoms with Gasteiger partial charge in [0.15, 0.2) is 5.11 Å². The van der Waals surface area contributed by atoms with E-state index in [2.05, 4.69) is 5.32 Å². The van der Waals surface area contributed by atoms with E-state index in [1.54, 1.807) is 36.4 Å². The topological polar surface area (TPSA) is 84.7 Å². The van der Waals surface area contributed by atoms with Crippen LogP contribution in [-0.2, 0) is 4.79 Å². The predicted octanol–water partition coefficient (Wildman–Crippen LogP) is 3.26. The van der Waals surface area contributed by atoms with E-state index < -0.39 is 4.92 Å². The van der Waals surface area contributed by atoms with Gasteiger partial charge in [-0.2, -0.15) is 0 Å². The summed E-state index contributed by atoms with van der Waals surface area (Å²) < 4.78 is 5.57. The molecule has 0 bridgehead atoms. The van der Waals surface area contributed by atoms with Crippen LogP contribution in [0, 0.1) is 10.1 Å². The average molecular weight is 369 g/mol. The van der Waals surface area contributed by atoms with E-state index in [4.69, 9.17) is 17.0 Å². The highest BCUT2D eigenvalue weighted by Gasteiger charge is 2.33. The SMILES string of the molecule is CCOc1ccccc1N1C(=O)/C(=C/c2ccc([N+](=O)[O-])cc2)NC1=S. The quantitative estimate of drug-likeness (QED) is 0.377. The number of anilines is 1. The summed E-state index contributed by atoms with van der Waals surface area (Å²) in [5.41, 5.74) is 1.48. The number of nitrogens with one attached hydrogen (secondary N) is 1. The molecule has 0 spiro atoms. The van der Waals surface area contributed by atoms with Gasteiger partial charge in [-0.25, -0.2) is 4.90 Å². The number of nitrogens with zero attached hydrogens (tertiary/aromatic N) is 2. The van der Waals surface area contributed by atoms with Crippen molar-refractivity contribution in [3.63, 3.8) is 0 Å². The van der Waals surface area contributed by atoms with Gasteiger partial charge in [-0.3, -0.25) is 14.9 Å². The van der Waals surface area contributed by atoms with Crippen LogP contribution < -0.4 is 15.0 Å². The Morgan fingerprint density at radius 1 is 1.23 bits per heavy atom. The zero-order chi connectivity index (χ0) is 18.7. The fraction of sp³-hybridized carbons (Fsp3) is 0.111. The van der Waals surface area contributed by atoms with Gasteiger partial charge in [-0.15, -0.1) is 0 Å². The number of hydrogen-bond donors (Lipinski definition) is 1. The van der Waals surface area contributed by atoms with Gasteiger partial charge in [-0.05, 0) is 55.0 Å². The summed E-state index contributed by atoms with van der Waals surface area (Å²) in [4.78, 5) is 24.4. The van der Waals surface area contributed by atoms with Gasteiger partial charge in [-0.1, -0.05) is 12.1 Å². The number of carbonyl (C=O) groups excluding carboxylic acids is 1. The molecule has 1 N–H and O–H groups in total. The van der Waals surface area contributed by atoms with Crippen molar-refractivity contribution < 1.29 is 14.5 Å². The average Bonchev–Trinajstić information content (AvgIpc) is 2.90. The Morgan fingerprint density at radius 3 is 2.58 bits per heavy atom. The lowest BCUT2D eigenvalue weighted by Crippen LogP contribution is -2.30. The Morgan fingerprint density at radius 2 is 1.92 bits per heavy atom.